The molecule has 0 saturated heterocycles. The van der Waals surface area contributed by atoms with E-state index in [1.165, 1.54) is 0 Å². The molecule has 0 unspecified atom stereocenters. The molecule has 1 aliphatic carbocycles. The molecule has 1 fully saturated rings. The van der Waals surface area contributed by atoms with Crippen molar-refractivity contribution < 1.29 is 4.39 Å². The van der Waals surface area contributed by atoms with Crippen LogP contribution in [-0.2, 0) is 11.8 Å². The first-order valence-corrected chi connectivity index (χ1v) is 8.76. The van der Waals surface area contributed by atoms with Gasteiger partial charge in [0.25, 0.3) is 0 Å². The lowest BCUT2D eigenvalue weighted by Crippen LogP contribution is -2.42. The van der Waals surface area contributed by atoms with Crippen molar-refractivity contribution in [2.75, 3.05) is 17.6 Å². The van der Waals surface area contributed by atoms with Crippen molar-refractivity contribution >= 4 is 11.5 Å². The maximum Gasteiger partial charge on any atom is 0.136 e. The van der Waals surface area contributed by atoms with E-state index in [1.54, 1.807) is 18.3 Å². The predicted octanol–water partition coefficient (Wildman–Crippen LogP) is 4.02. The highest BCUT2D eigenvalue weighted by molar-refractivity contribution is 5.72. The van der Waals surface area contributed by atoms with E-state index >= 15 is 0 Å². The number of nitriles is 1. The Morgan fingerprint density at radius 3 is 2.96 bits per heavy atom. The predicted molar refractivity (Wildman–Crippen MR) is 96.5 cm³/mol. The van der Waals surface area contributed by atoms with Crippen LogP contribution >= 0.6 is 0 Å². The smallest absolute Gasteiger partial charge is 0.136 e. The molecule has 128 valence electrons. The zero-order chi connectivity index (χ0) is 17.6. The van der Waals surface area contributed by atoms with Crippen molar-refractivity contribution in [2.24, 2.45) is 5.92 Å². The number of halogens is 1. The second-order valence-electron chi connectivity index (χ2n) is 7.24. The summed E-state index contributed by atoms with van der Waals surface area (Å²) in [5, 5.41) is 12.3. The zero-order valence-corrected chi connectivity index (χ0v) is 14.3. The van der Waals surface area contributed by atoms with E-state index in [0.29, 0.717) is 35.6 Å². The summed E-state index contributed by atoms with van der Waals surface area (Å²) in [5.41, 5.74) is 9.50. The van der Waals surface area contributed by atoms with E-state index in [-0.39, 0.29) is 11.2 Å². The second-order valence-corrected chi connectivity index (χ2v) is 7.24. The SMILES string of the molecule is CCc1c(N)ccc(-c2cnc3c(c2)C2(CN3)CC(CC#N)C2)c1F. The van der Waals surface area contributed by atoms with Gasteiger partial charge in [0.15, 0.2) is 0 Å². The zero-order valence-electron chi connectivity index (χ0n) is 14.3. The fraction of sp³-hybridized carbons (Fsp3) is 0.400. The van der Waals surface area contributed by atoms with Crippen molar-refractivity contribution in [3.05, 3.63) is 41.3 Å². The summed E-state index contributed by atoms with van der Waals surface area (Å²) in [7, 11) is 0. The third-order valence-electron chi connectivity index (χ3n) is 5.74. The number of nitrogens with one attached hydrogen (secondary N) is 1. The minimum atomic E-state index is -0.250. The van der Waals surface area contributed by atoms with E-state index in [2.05, 4.69) is 22.4 Å². The van der Waals surface area contributed by atoms with Gasteiger partial charge in [0.05, 0.1) is 6.07 Å². The van der Waals surface area contributed by atoms with Crippen LogP contribution in [0.4, 0.5) is 15.9 Å². The van der Waals surface area contributed by atoms with Gasteiger partial charge in [0, 0.05) is 52.5 Å². The summed E-state index contributed by atoms with van der Waals surface area (Å²) < 4.78 is 14.9. The largest absolute Gasteiger partial charge is 0.398 e. The number of fused-ring (bicyclic) bond motifs is 2. The third kappa shape index (κ3) is 2.36. The van der Waals surface area contributed by atoms with E-state index in [4.69, 9.17) is 11.0 Å². The van der Waals surface area contributed by atoms with Gasteiger partial charge in [-0.05, 0) is 43.4 Å². The van der Waals surface area contributed by atoms with Crippen LogP contribution in [0.1, 0.15) is 37.3 Å². The molecule has 1 aliphatic heterocycles. The number of hydrogen-bond acceptors (Lipinski definition) is 4. The van der Waals surface area contributed by atoms with Crippen molar-refractivity contribution in [1.29, 1.82) is 5.26 Å². The third-order valence-corrected chi connectivity index (χ3v) is 5.74. The van der Waals surface area contributed by atoms with Crippen molar-refractivity contribution in [1.82, 2.24) is 4.98 Å². The molecule has 2 aliphatic rings. The quantitative estimate of drug-likeness (QED) is 0.830. The summed E-state index contributed by atoms with van der Waals surface area (Å²) >= 11 is 0. The summed E-state index contributed by atoms with van der Waals surface area (Å²) in [6.07, 6.45) is 4.89. The first kappa shape index (κ1) is 15.9. The first-order chi connectivity index (χ1) is 12.1. The number of nitrogens with zero attached hydrogens (tertiary/aromatic N) is 2. The van der Waals surface area contributed by atoms with Crippen molar-refractivity contribution in [3.63, 3.8) is 0 Å². The maximum absolute atomic E-state index is 14.9. The molecule has 4 rings (SSSR count). The average molecular weight is 336 g/mol. The normalized spacial score (nSPS) is 23.6. The Hall–Kier alpha value is -2.61. The van der Waals surface area contributed by atoms with Crippen LogP contribution < -0.4 is 11.1 Å². The van der Waals surface area contributed by atoms with Crippen LogP contribution in [0.2, 0.25) is 0 Å². The Balaban J connectivity index is 1.73. The Bertz CT molecular complexity index is 878. The van der Waals surface area contributed by atoms with Crippen LogP contribution in [0.5, 0.6) is 0 Å². The molecule has 1 spiro atoms. The van der Waals surface area contributed by atoms with Gasteiger partial charge in [-0.15, -0.1) is 0 Å². The molecule has 0 bridgehead atoms. The molecule has 5 heteroatoms. The van der Waals surface area contributed by atoms with Gasteiger partial charge in [-0.25, -0.2) is 9.37 Å². The molecular formula is C20H21FN4. The number of benzene rings is 1. The van der Waals surface area contributed by atoms with Crippen LogP contribution in [0, 0.1) is 23.1 Å². The first-order valence-electron chi connectivity index (χ1n) is 8.76. The topological polar surface area (TPSA) is 74.7 Å². The summed E-state index contributed by atoms with van der Waals surface area (Å²) in [6, 6.07) is 7.84. The highest BCUT2D eigenvalue weighted by Crippen LogP contribution is 2.54. The van der Waals surface area contributed by atoms with Gasteiger partial charge in [0.2, 0.25) is 0 Å². The number of aromatic nitrogens is 1. The van der Waals surface area contributed by atoms with E-state index < -0.39 is 0 Å². The number of pyridine rings is 1. The molecule has 1 aromatic carbocycles. The molecule has 0 atom stereocenters. The van der Waals surface area contributed by atoms with Gasteiger partial charge in [-0.3, -0.25) is 0 Å². The van der Waals surface area contributed by atoms with E-state index in [1.807, 2.05) is 6.92 Å². The van der Waals surface area contributed by atoms with E-state index in [9.17, 15) is 4.39 Å². The lowest BCUT2D eigenvalue weighted by Gasteiger charge is -2.44. The Morgan fingerprint density at radius 2 is 2.24 bits per heavy atom. The molecular weight excluding hydrogens is 315 g/mol. The summed E-state index contributed by atoms with van der Waals surface area (Å²) in [5.74, 6) is 1.10. The maximum atomic E-state index is 14.9. The molecule has 3 N–H and O–H groups in total. The molecule has 4 nitrogen and oxygen atoms in total. The molecule has 2 aromatic rings. The Labute approximate surface area is 146 Å². The highest BCUT2D eigenvalue weighted by atomic mass is 19.1. The fourth-order valence-corrected chi connectivity index (χ4v) is 4.41. The van der Waals surface area contributed by atoms with Crippen LogP contribution in [0.25, 0.3) is 11.1 Å². The fourth-order valence-electron chi connectivity index (χ4n) is 4.41. The minimum Gasteiger partial charge on any atom is -0.398 e. The van der Waals surface area contributed by atoms with Gasteiger partial charge in [-0.2, -0.15) is 5.26 Å². The molecule has 1 saturated carbocycles. The minimum absolute atomic E-state index is 0.0533. The number of nitrogen functional groups attached to an aromatic ring is 1. The highest BCUT2D eigenvalue weighted by Gasteiger charge is 2.49. The lowest BCUT2D eigenvalue weighted by molar-refractivity contribution is 0.165. The summed E-state index contributed by atoms with van der Waals surface area (Å²) in [4.78, 5) is 4.53. The Morgan fingerprint density at radius 1 is 1.44 bits per heavy atom. The van der Waals surface area contributed by atoms with Crippen LogP contribution in [0.15, 0.2) is 24.4 Å². The monoisotopic (exact) mass is 336 g/mol. The second kappa shape index (κ2) is 5.73. The van der Waals surface area contributed by atoms with Crippen LogP contribution in [-0.4, -0.2) is 11.5 Å². The van der Waals surface area contributed by atoms with E-state index in [0.717, 1.165) is 36.3 Å². The standard InChI is InChI=1S/C20H21FN4/c1-2-14-17(23)4-3-15(18(14)21)13-7-16-19(24-10-13)25-11-20(16)8-12(9-20)5-6-22/h3-4,7,10,12H,2,5,8-9,11,23H2,1H3,(H,24,25). The molecule has 2 heterocycles. The van der Waals surface area contributed by atoms with Crippen molar-refractivity contribution in [3.8, 4) is 17.2 Å². The van der Waals surface area contributed by atoms with Crippen molar-refractivity contribution in [2.45, 2.75) is 38.0 Å². The molecule has 1 aromatic heterocycles. The number of anilines is 2. The van der Waals surface area contributed by atoms with Gasteiger partial charge in [-0.1, -0.05) is 6.92 Å². The van der Waals surface area contributed by atoms with Gasteiger partial charge < -0.3 is 11.1 Å². The molecule has 0 amide bonds. The number of hydrogen-bond donors (Lipinski definition) is 2. The average Bonchev–Trinajstić information content (AvgIpc) is 2.94. The van der Waals surface area contributed by atoms with Crippen LogP contribution in [0.3, 0.4) is 0 Å². The lowest BCUT2D eigenvalue weighted by atomic mass is 9.59. The molecule has 25 heavy (non-hydrogen) atoms. The summed E-state index contributed by atoms with van der Waals surface area (Å²) in [6.45, 7) is 2.76. The Kier molecular flexibility index (Phi) is 3.64. The molecule has 0 radical (unpaired) electrons. The van der Waals surface area contributed by atoms with Gasteiger partial charge >= 0.3 is 0 Å². The number of rotatable bonds is 3. The number of nitrogens with two attached hydrogens (primary N) is 1. The van der Waals surface area contributed by atoms with Gasteiger partial charge in [0.1, 0.15) is 11.6 Å².